The number of hydrogen-bond donors (Lipinski definition) is 1. The van der Waals surface area contributed by atoms with Crippen molar-refractivity contribution in [2.45, 2.75) is 25.5 Å². The van der Waals surface area contributed by atoms with E-state index in [4.69, 9.17) is 0 Å². The minimum absolute atomic E-state index is 0.127. The first kappa shape index (κ1) is 19.6. The van der Waals surface area contributed by atoms with Crippen LogP contribution in [0.25, 0.3) is 5.69 Å². The number of piperazine rings is 1. The molecule has 1 N–H and O–H groups in total. The summed E-state index contributed by atoms with van der Waals surface area (Å²) in [4.78, 5) is 21.2. The fourth-order valence-electron chi connectivity index (χ4n) is 3.24. The molecule has 152 valence electrons. The van der Waals surface area contributed by atoms with Crippen LogP contribution in [0.5, 0.6) is 0 Å². The van der Waals surface area contributed by atoms with Gasteiger partial charge in [-0.05, 0) is 26.0 Å². The summed E-state index contributed by atoms with van der Waals surface area (Å²) >= 11 is 1.42. The average molecular weight is 413 g/mol. The molecule has 0 spiro atoms. The van der Waals surface area contributed by atoms with E-state index in [1.54, 1.807) is 6.33 Å². The third kappa shape index (κ3) is 4.83. The summed E-state index contributed by atoms with van der Waals surface area (Å²) in [6.45, 7) is 7.73. The number of aryl methyl sites for hydroxylation is 2. The quantitative estimate of drug-likeness (QED) is 0.612. The lowest BCUT2D eigenvalue weighted by molar-refractivity contribution is -0.130. The third-order valence-electron chi connectivity index (χ3n) is 4.89. The lowest BCUT2D eigenvalue weighted by atomic mass is 10.2. The predicted octanol–water partition coefficient (Wildman–Crippen LogP) is 1.44. The fraction of sp³-hybridized carbons (Fsp3) is 0.421. The second kappa shape index (κ2) is 8.75. The van der Waals surface area contributed by atoms with E-state index in [0.717, 1.165) is 35.6 Å². The van der Waals surface area contributed by atoms with Gasteiger partial charge in [-0.1, -0.05) is 29.5 Å². The predicted molar refractivity (Wildman–Crippen MR) is 110 cm³/mol. The highest BCUT2D eigenvalue weighted by Crippen LogP contribution is 2.20. The summed E-state index contributed by atoms with van der Waals surface area (Å²) in [5.41, 5.74) is 2.19. The maximum atomic E-state index is 12.7. The van der Waals surface area contributed by atoms with Gasteiger partial charge in [0, 0.05) is 31.9 Å². The third-order valence-corrected chi connectivity index (χ3v) is 5.81. The molecule has 29 heavy (non-hydrogen) atoms. The van der Waals surface area contributed by atoms with Crippen molar-refractivity contribution in [2.75, 3.05) is 31.9 Å². The van der Waals surface area contributed by atoms with Crippen LogP contribution in [0.3, 0.4) is 0 Å². The largest absolute Gasteiger partial charge is 0.339 e. The number of nitrogens with zero attached hydrogens (tertiary/aromatic N) is 7. The molecule has 10 heteroatoms. The van der Waals surface area contributed by atoms with E-state index >= 15 is 0 Å². The number of amides is 1. The number of carbonyl (C=O) groups excluding carboxylic acids is 1. The van der Waals surface area contributed by atoms with Gasteiger partial charge in [0.15, 0.2) is 11.0 Å². The Morgan fingerprint density at radius 1 is 1.14 bits per heavy atom. The Bertz CT molecular complexity index is 959. The van der Waals surface area contributed by atoms with Gasteiger partial charge in [0.05, 0.1) is 12.3 Å². The van der Waals surface area contributed by atoms with Gasteiger partial charge in [0.2, 0.25) is 5.91 Å². The molecule has 3 aromatic rings. The number of carbonyl (C=O) groups is 1. The van der Waals surface area contributed by atoms with E-state index in [-0.39, 0.29) is 5.91 Å². The molecule has 1 amide bonds. The lowest BCUT2D eigenvalue weighted by Crippen LogP contribution is -2.48. The van der Waals surface area contributed by atoms with Gasteiger partial charge in [-0.3, -0.25) is 19.4 Å². The molecular formula is C19H24N8OS. The molecule has 1 saturated heterocycles. The average Bonchev–Trinajstić information content (AvgIpc) is 3.36. The number of benzene rings is 1. The van der Waals surface area contributed by atoms with Gasteiger partial charge in [0.1, 0.15) is 12.2 Å². The van der Waals surface area contributed by atoms with Gasteiger partial charge in [-0.25, -0.2) is 4.98 Å². The molecule has 4 rings (SSSR count). The van der Waals surface area contributed by atoms with Crippen LogP contribution in [0.4, 0.5) is 0 Å². The van der Waals surface area contributed by atoms with Gasteiger partial charge in [-0.2, -0.15) is 5.10 Å². The van der Waals surface area contributed by atoms with Crippen LogP contribution < -0.4 is 0 Å². The number of thioether (sulfide) groups is 1. The highest BCUT2D eigenvalue weighted by atomic mass is 32.2. The Balaban J connectivity index is 1.28. The van der Waals surface area contributed by atoms with E-state index in [2.05, 4.69) is 37.2 Å². The summed E-state index contributed by atoms with van der Waals surface area (Å²) < 4.78 is 1.91. The Labute approximate surface area is 173 Å². The minimum Gasteiger partial charge on any atom is -0.339 e. The van der Waals surface area contributed by atoms with Gasteiger partial charge in [-0.15, -0.1) is 10.2 Å². The Kier molecular flexibility index (Phi) is 5.91. The first-order chi connectivity index (χ1) is 14.1. The number of rotatable bonds is 6. The molecule has 1 fully saturated rings. The summed E-state index contributed by atoms with van der Waals surface area (Å²) in [5.74, 6) is 2.10. The van der Waals surface area contributed by atoms with Crippen molar-refractivity contribution < 1.29 is 4.79 Å². The molecule has 2 aromatic heterocycles. The van der Waals surface area contributed by atoms with Crippen molar-refractivity contribution in [1.29, 1.82) is 0 Å². The Hall–Kier alpha value is -2.72. The smallest absolute Gasteiger partial charge is 0.233 e. The van der Waals surface area contributed by atoms with Crippen molar-refractivity contribution in [3.63, 3.8) is 0 Å². The van der Waals surface area contributed by atoms with E-state index in [1.807, 2.05) is 40.7 Å². The van der Waals surface area contributed by atoms with E-state index in [9.17, 15) is 4.79 Å². The van der Waals surface area contributed by atoms with Crippen LogP contribution in [0.2, 0.25) is 0 Å². The zero-order valence-corrected chi connectivity index (χ0v) is 17.4. The van der Waals surface area contributed by atoms with Gasteiger partial charge in [0.25, 0.3) is 0 Å². The highest BCUT2D eigenvalue weighted by molar-refractivity contribution is 7.99. The second-order valence-corrected chi connectivity index (χ2v) is 8.04. The zero-order chi connectivity index (χ0) is 20.2. The van der Waals surface area contributed by atoms with Crippen LogP contribution in [0, 0.1) is 13.8 Å². The first-order valence-corrected chi connectivity index (χ1v) is 10.5. The van der Waals surface area contributed by atoms with Gasteiger partial charge < -0.3 is 4.90 Å². The topological polar surface area (TPSA) is 95.8 Å². The van der Waals surface area contributed by atoms with Crippen molar-refractivity contribution in [1.82, 2.24) is 39.7 Å². The molecule has 0 aliphatic carbocycles. The molecule has 3 heterocycles. The first-order valence-electron chi connectivity index (χ1n) is 9.56. The standard InChI is InChI=1S/C19H24N8OS/c1-14-3-5-16(6-4-14)27-13-20-24-19(27)29-12-18(28)26-9-7-25(8-10-26)11-17-21-15(2)22-23-17/h3-6,13H,7-12H2,1-2H3,(H,21,22,23). The minimum atomic E-state index is 0.127. The molecule has 9 nitrogen and oxygen atoms in total. The molecule has 0 unspecified atom stereocenters. The summed E-state index contributed by atoms with van der Waals surface area (Å²) in [5, 5.41) is 16.0. The number of nitrogens with one attached hydrogen (secondary N) is 1. The van der Waals surface area contributed by atoms with Crippen molar-refractivity contribution in [3.8, 4) is 5.69 Å². The van der Waals surface area contributed by atoms with Crippen molar-refractivity contribution >= 4 is 17.7 Å². The molecule has 1 aliphatic heterocycles. The molecule has 0 bridgehead atoms. The number of H-pyrrole nitrogens is 1. The summed E-state index contributed by atoms with van der Waals surface area (Å²) in [6, 6.07) is 8.15. The zero-order valence-electron chi connectivity index (χ0n) is 16.6. The Morgan fingerprint density at radius 3 is 2.59 bits per heavy atom. The van der Waals surface area contributed by atoms with Crippen LogP contribution in [0.15, 0.2) is 35.7 Å². The fourth-order valence-corrected chi connectivity index (χ4v) is 4.07. The number of aromatic amines is 1. The number of aromatic nitrogens is 6. The van der Waals surface area contributed by atoms with Crippen molar-refractivity contribution in [2.24, 2.45) is 0 Å². The van der Waals surface area contributed by atoms with Crippen LogP contribution in [-0.2, 0) is 11.3 Å². The molecule has 1 aliphatic rings. The SMILES string of the molecule is Cc1ccc(-n2cnnc2SCC(=O)N2CCN(Cc3n[nH]c(C)n3)CC2)cc1. The van der Waals surface area contributed by atoms with Crippen LogP contribution in [-0.4, -0.2) is 77.6 Å². The van der Waals surface area contributed by atoms with E-state index < -0.39 is 0 Å². The molecule has 0 radical (unpaired) electrons. The molecular weight excluding hydrogens is 388 g/mol. The van der Waals surface area contributed by atoms with E-state index in [1.165, 1.54) is 17.3 Å². The monoisotopic (exact) mass is 412 g/mol. The van der Waals surface area contributed by atoms with E-state index in [0.29, 0.717) is 25.4 Å². The highest BCUT2D eigenvalue weighted by Gasteiger charge is 2.22. The summed E-state index contributed by atoms with van der Waals surface area (Å²) in [6.07, 6.45) is 1.68. The maximum absolute atomic E-state index is 12.7. The number of hydrogen-bond acceptors (Lipinski definition) is 7. The molecule has 0 atom stereocenters. The van der Waals surface area contributed by atoms with Crippen LogP contribution in [0.1, 0.15) is 17.2 Å². The van der Waals surface area contributed by atoms with Gasteiger partial charge >= 0.3 is 0 Å². The second-order valence-electron chi connectivity index (χ2n) is 7.10. The summed E-state index contributed by atoms with van der Waals surface area (Å²) in [7, 11) is 0. The van der Waals surface area contributed by atoms with Crippen molar-refractivity contribution in [3.05, 3.63) is 47.8 Å². The maximum Gasteiger partial charge on any atom is 0.233 e. The Morgan fingerprint density at radius 2 is 1.90 bits per heavy atom. The molecule has 0 saturated carbocycles. The lowest BCUT2D eigenvalue weighted by Gasteiger charge is -2.34. The normalized spacial score (nSPS) is 15.0. The van der Waals surface area contributed by atoms with Crippen LogP contribution >= 0.6 is 11.8 Å². The molecule has 1 aromatic carbocycles.